The van der Waals surface area contributed by atoms with E-state index in [-0.39, 0.29) is 18.0 Å². The molecule has 0 amide bonds. The molecule has 0 aliphatic carbocycles. The number of hydrogen-bond acceptors (Lipinski definition) is 1. The van der Waals surface area contributed by atoms with Gasteiger partial charge in [0.05, 0.1) is 6.42 Å². The second-order valence-electron chi connectivity index (χ2n) is 2.95. The molecule has 0 aliphatic heterocycles. The van der Waals surface area contributed by atoms with Gasteiger partial charge in [-0.15, -0.1) is 5.92 Å². The fourth-order valence-electron chi connectivity index (χ4n) is 1.08. The van der Waals surface area contributed by atoms with E-state index in [4.69, 9.17) is 0 Å². The third kappa shape index (κ3) is 3.40. The van der Waals surface area contributed by atoms with Gasteiger partial charge in [-0.3, -0.25) is 4.79 Å². The van der Waals surface area contributed by atoms with Crippen LogP contribution >= 0.6 is 0 Å². The summed E-state index contributed by atoms with van der Waals surface area (Å²) in [6.07, 6.45) is 0.600. The number of benzene rings is 1. The molecule has 0 unspecified atom stereocenters. The van der Waals surface area contributed by atoms with E-state index in [1.807, 2.05) is 0 Å². The highest BCUT2D eigenvalue weighted by atomic mass is 19.1. The van der Waals surface area contributed by atoms with Crippen LogP contribution in [0.5, 0.6) is 0 Å². The second-order valence-corrected chi connectivity index (χ2v) is 2.95. The Bertz CT molecular complexity index is 368. The molecule has 72 valence electrons. The van der Waals surface area contributed by atoms with Gasteiger partial charge in [-0.25, -0.2) is 4.39 Å². The summed E-state index contributed by atoms with van der Waals surface area (Å²) in [6.45, 7) is 1.70. The molecule has 0 spiro atoms. The normalized spacial score (nSPS) is 9.00. The lowest BCUT2D eigenvalue weighted by Gasteiger charge is -1.97. The van der Waals surface area contributed by atoms with E-state index in [9.17, 15) is 9.18 Å². The Morgan fingerprint density at radius 3 is 2.57 bits per heavy atom. The molecule has 1 aromatic rings. The van der Waals surface area contributed by atoms with E-state index in [1.54, 1.807) is 19.1 Å². The molecule has 0 N–H and O–H groups in total. The lowest BCUT2D eigenvalue weighted by Crippen LogP contribution is -2.00. The Kier molecular flexibility index (Phi) is 3.87. The van der Waals surface area contributed by atoms with Crippen molar-refractivity contribution >= 4 is 5.78 Å². The third-order valence-corrected chi connectivity index (χ3v) is 1.78. The predicted octanol–water partition coefficient (Wildman–Crippen LogP) is 2.35. The second kappa shape index (κ2) is 5.18. The minimum absolute atomic E-state index is 0.0611. The molecule has 0 radical (unpaired) electrons. The quantitative estimate of drug-likeness (QED) is 0.669. The topological polar surface area (TPSA) is 17.1 Å². The van der Waals surface area contributed by atoms with Crippen LogP contribution in [-0.4, -0.2) is 5.78 Å². The van der Waals surface area contributed by atoms with Gasteiger partial charge in [0.25, 0.3) is 0 Å². The first kappa shape index (κ1) is 10.5. The summed E-state index contributed by atoms with van der Waals surface area (Å²) >= 11 is 0. The average molecular weight is 190 g/mol. The summed E-state index contributed by atoms with van der Waals surface area (Å²) in [4.78, 5) is 11.3. The van der Waals surface area contributed by atoms with Gasteiger partial charge in [-0.2, -0.15) is 0 Å². The number of ketones is 1. The first-order valence-electron chi connectivity index (χ1n) is 4.38. The van der Waals surface area contributed by atoms with Crippen LogP contribution in [0.1, 0.15) is 18.9 Å². The van der Waals surface area contributed by atoms with Crippen molar-refractivity contribution in [3.63, 3.8) is 0 Å². The third-order valence-electron chi connectivity index (χ3n) is 1.78. The van der Waals surface area contributed by atoms with Gasteiger partial charge >= 0.3 is 0 Å². The SMILES string of the molecule is CC#CCC(=O)Cc1ccc(F)cc1. The molecule has 1 nitrogen and oxygen atoms in total. The Labute approximate surface area is 82.9 Å². The number of Topliss-reactive ketones (excluding diaryl/α,β-unsaturated/α-hetero) is 1. The molecule has 0 saturated heterocycles. The van der Waals surface area contributed by atoms with Crippen molar-refractivity contribution < 1.29 is 9.18 Å². The van der Waals surface area contributed by atoms with Gasteiger partial charge < -0.3 is 0 Å². The van der Waals surface area contributed by atoms with Gasteiger partial charge in [-0.05, 0) is 24.6 Å². The van der Waals surface area contributed by atoms with Crippen molar-refractivity contribution in [1.82, 2.24) is 0 Å². The van der Waals surface area contributed by atoms with Crippen molar-refractivity contribution in [2.24, 2.45) is 0 Å². The van der Waals surface area contributed by atoms with Crippen molar-refractivity contribution in [1.29, 1.82) is 0 Å². The number of halogens is 1. The maximum absolute atomic E-state index is 12.5. The highest BCUT2D eigenvalue weighted by Gasteiger charge is 2.01. The fraction of sp³-hybridized carbons (Fsp3) is 0.250. The van der Waals surface area contributed by atoms with Crippen LogP contribution in [0.3, 0.4) is 0 Å². The summed E-state index contributed by atoms with van der Waals surface area (Å²) in [6, 6.07) is 5.95. The lowest BCUT2D eigenvalue weighted by atomic mass is 10.1. The van der Waals surface area contributed by atoms with E-state index in [2.05, 4.69) is 11.8 Å². The van der Waals surface area contributed by atoms with Crippen molar-refractivity contribution in [3.05, 3.63) is 35.6 Å². The van der Waals surface area contributed by atoms with Gasteiger partial charge in [0.2, 0.25) is 0 Å². The van der Waals surface area contributed by atoms with Crippen LogP contribution in [0.4, 0.5) is 4.39 Å². The van der Waals surface area contributed by atoms with Crippen LogP contribution in [0.2, 0.25) is 0 Å². The minimum atomic E-state index is -0.283. The predicted molar refractivity (Wildman–Crippen MR) is 53.2 cm³/mol. The lowest BCUT2D eigenvalue weighted by molar-refractivity contribution is -0.117. The van der Waals surface area contributed by atoms with Crippen molar-refractivity contribution in [2.45, 2.75) is 19.8 Å². The molecule has 1 rings (SSSR count). The van der Waals surface area contributed by atoms with Crippen LogP contribution in [0.15, 0.2) is 24.3 Å². The number of carbonyl (C=O) groups is 1. The Balaban J connectivity index is 2.55. The van der Waals surface area contributed by atoms with Gasteiger partial charge in [-0.1, -0.05) is 18.1 Å². The van der Waals surface area contributed by atoms with Crippen molar-refractivity contribution in [2.75, 3.05) is 0 Å². The summed E-state index contributed by atoms with van der Waals surface area (Å²) in [5.41, 5.74) is 0.828. The molecule has 0 fully saturated rings. The molecule has 0 heterocycles. The van der Waals surface area contributed by atoms with Gasteiger partial charge in [0.15, 0.2) is 0 Å². The first-order valence-corrected chi connectivity index (χ1v) is 4.38. The Morgan fingerprint density at radius 1 is 1.36 bits per heavy atom. The standard InChI is InChI=1S/C12H11FO/c1-2-3-4-12(14)9-10-5-7-11(13)8-6-10/h5-8H,4,9H2,1H3. The zero-order chi connectivity index (χ0) is 10.4. The maximum atomic E-state index is 12.5. The highest BCUT2D eigenvalue weighted by Crippen LogP contribution is 2.04. The molecule has 2 heteroatoms. The summed E-state index contributed by atoms with van der Waals surface area (Å²) in [5.74, 6) is 5.15. The Hall–Kier alpha value is -1.62. The number of hydrogen-bond donors (Lipinski definition) is 0. The molecular weight excluding hydrogens is 179 g/mol. The number of carbonyl (C=O) groups excluding carboxylic acids is 1. The maximum Gasteiger partial charge on any atom is 0.149 e. The van der Waals surface area contributed by atoms with Crippen LogP contribution in [0, 0.1) is 17.7 Å². The molecule has 1 aromatic carbocycles. The van der Waals surface area contributed by atoms with Crippen molar-refractivity contribution in [3.8, 4) is 11.8 Å². The zero-order valence-corrected chi connectivity index (χ0v) is 8.01. The largest absolute Gasteiger partial charge is 0.298 e. The van der Waals surface area contributed by atoms with E-state index >= 15 is 0 Å². The highest BCUT2D eigenvalue weighted by molar-refractivity contribution is 5.82. The van der Waals surface area contributed by atoms with Gasteiger partial charge in [0, 0.05) is 6.42 Å². The monoisotopic (exact) mass is 190 g/mol. The molecule has 0 aliphatic rings. The molecule has 0 atom stereocenters. The summed E-state index contributed by atoms with van der Waals surface area (Å²) in [5, 5.41) is 0. The molecule has 0 aromatic heterocycles. The van der Waals surface area contributed by atoms with Crippen LogP contribution < -0.4 is 0 Å². The van der Waals surface area contributed by atoms with E-state index < -0.39 is 0 Å². The minimum Gasteiger partial charge on any atom is -0.298 e. The molecule has 0 bridgehead atoms. The van der Waals surface area contributed by atoms with Crippen LogP contribution in [0.25, 0.3) is 0 Å². The summed E-state index contributed by atoms with van der Waals surface area (Å²) < 4.78 is 12.5. The summed E-state index contributed by atoms with van der Waals surface area (Å²) in [7, 11) is 0. The average Bonchev–Trinajstić information content (AvgIpc) is 2.18. The first-order chi connectivity index (χ1) is 6.72. The van der Waals surface area contributed by atoms with E-state index in [1.165, 1.54) is 12.1 Å². The fourth-order valence-corrected chi connectivity index (χ4v) is 1.08. The molecular formula is C12H11FO. The Morgan fingerprint density at radius 2 is 2.00 bits per heavy atom. The van der Waals surface area contributed by atoms with E-state index in [0.29, 0.717) is 6.42 Å². The van der Waals surface area contributed by atoms with Crippen LogP contribution in [-0.2, 0) is 11.2 Å². The zero-order valence-electron chi connectivity index (χ0n) is 8.01. The number of rotatable bonds is 3. The van der Waals surface area contributed by atoms with Gasteiger partial charge in [0.1, 0.15) is 11.6 Å². The molecule has 0 saturated carbocycles. The molecule has 14 heavy (non-hydrogen) atoms. The van der Waals surface area contributed by atoms with E-state index in [0.717, 1.165) is 5.56 Å². The smallest absolute Gasteiger partial charge is 0.149 e.